The highest BCUT2D eigenvalue weighted by molar-refractivity contribution is 5.94. The first-order valence-electron chi connectivity index (χ1n) is 8.23. The van der Waals surface area contributed by atoms with E-state index in [1.54, 1.807) is 0 Å². The van der Waals surface area contributed by atoms with Crippen molar-refractivity contribution >= 4 is 23.7 Å². The number of non-ortho nitro benzene ring substituents is 1. The second kappa shape index (κ2) is 9.67. The molecule has 0 bridgehead atoms. The maximum Gasteiger partial charge on any atom is 0.270 e. The second-order valence-electron chi connectivity index (χ2n) is 5.70. The summed E-state index contributed by atoms with van der Waals surface area (Å²) >= 11 is 0. The molecular weight excluding hydrogens is 368 g/mol. The number of nitro groups is 1. The van der Waals surface area contributed by atoms with Gasteiger partial charge in [-0.1, -0.05) is 6.07 Å². The van der Waals surface area contributed by atoms with Gasteiger partial charge in [-0.3, -0.25) is 19.7 Å². The molecule has 0 spiro atoms. The van der Waals surface area contributed by atoms with Crippen LogP contribution in [-0.2, 0) is 4.79 Å². The maximum atomic E-state index is 11.9. The van der Waals surface area contributed by atoms with Crippen LogP contribution in [0.1, 0.15) is 28.8 Å². The summed E-state index contributed by atoms with van der Waals surface area (Å²) in [6.45, 7) is 0.206. The van der Waals surface area contributed by atoms with Gasteiger partial charge in [0.25, 0.3) is 11.6 Å². The summed E-state index contributed by atoms with van der Waals surface area (Å²) in [5, 5.41) is 35.8. The Hall–Kier alpha value is -3.95. The van der Waals surface area contributed by atoms with Crippen LogP contribution in [0.4, 0.5) is 5.69 Å². The Morgan fingerprint density at radius 1 is 1.18 bits per heavy atom. The zero-order valence-electron chi connectivity index (χ0n) is 14.7. The number of carbonyl (C=O) groups excluding carboxylic acids is 2. The fourth-order valence-electron chi connectivity index (χ4n) is 2.18. The van der Waals surface area contributed by atoms with Gasteiger partial charge in [0.05, 0.1) is 11.1 Å². The number of nitro benzene ring substituents is 1. The van der Waals surface area contributed by atoms with E-state index in [9.17, 15) is 29.9 Å². The lowest BCUT2D eigenvalue weighted by molar-refractivity contribution is -0.384. The molecule has 0 radical (unpaired) electrons. The van der Waals surface area contributed by atoms with Crippen molar-refractivity contribution in [2.24, 2.45) is 5.10 Å². The van der Waals surface area contributed by atoms with Gasteiger partial charge in [0.1, 0.15) is 11.5 Å². The Morgan fingerprint density at radius 3 is 2.68 bits per heavy atom. The van der Waals surface area contributed by atoms with Crippen LogP contribution < -0.4 is 10.7 Å². The van der Waals surface area contributed by atoms with Crippen LogP contribution in [0, 0.1) is 10.1 Å². The number of benzene rings is 2. The summed E-state index contributed by atoms with van der Waals surface area (Å²) in [4.78, 5) is 33.8. The van der Waals surface area contributed by atoms with Gasteiger partial charge in [0, 0.05) is 42.3 Å². The molecular formula is C18H18N4O6. The maximum absolute atomic E-state index is 11.9. The number of phenolic OH excluding ortho intramolecular Hbond substituents is 2. The molecule has 2 amide bonds. The number of phenols is 2. The number of nitrogens with one attached hydrogen (secondary N) is 2. The third-order valence-electron chi connectivity index (χ3n) is 3.59. The summed E-state index contributed by atoms with van der Waals surface area (Å²) in [7, 11) is 0. The van der Waals surface area contributed by atoms with Crippen molar-refractivity contribution in [3.05, 3.63) is 63.7 Å². The van der Waals surface area contributed by atoms with Crippen LogP contribution in [0.3, 0.4) is 0 Å². The standard InChI is InChI=1S/C18H18N4O6/c23-15-7-6-13(16(24)10-15)11-20-21-17(25)5-2-8-19-18(26)12-3-1-4-14(9-12)22(27)28/h1,3-4,6-7,9-11,23-24H,2,5,8H2,(H,19,26)(H,21,25)/b20-11+. The fraction of sp³-hybridized carbons (Fsp3) is 0.167. The lowest BCUT2D eigenvalue weighted by Crippen LogP contribution is -2.26. The summed E-state index contributed by atoms with van der Waals surface area (Å²) in [5.41, 5.74) is 2.59. The number of amides is 2. The molecule has 2 aromatic rings. The minimum atomic E-state index is -0.584. The van der Waals surface area contributed by atoms with Crippen LogP contribution in [-0.4, -0.2) is 39.7 Å². The average molecular weight is 386 g/mol. The van der Waals surface area contributed by atoms with E-state index in [2.05, 4.69) is 15.8 Å². The molecule has 2 rings (SSSR count). The Kier molecular flexibility index (Phi) is 7.03. The SMILES string of the molecule is O=C(CCCNC(=O)c1cccc([N+](=O)[O-])c1)N/N=C/c1ccc(O)cc1O. The number of hydrazone groups is 1. The summed E-state index contributed by atoms with van der Waals surface area (Å²) in [6, 6.07) is 9.30. The molecule has 0 aromatic heterocycles. The first-order chi connectivity index (χ1) is 13.4. The largest absolute Gasteiger partial charge is 0.508 e. The quantitative estimate of drug-likeness (QED) is 0.234. The van der Waals surface area contributed by atoms with Crippen molar-refractivity contribution in [1.29, 1.82) is 0 Å². The van der Waals surface area contributed by atoms with Crippen molar-refractivity contribution in [3.8, 4) is 11.5 Å². The van der Waals surface area contributed by atoms with Gasteiger partial charge < -0.3 is 15.5 Å². The smallest absolute Gasteiger partial charge is 0.270 e. The highest BCUT2D eigenvalue weighted by atomic mass is 16.6. The van der Waals surface area contributed by atoms with E-state index in [1.807, 2.05) is 0 Å². The average Bonchev–Trinajstić information content (AvgIpc) is 2.67. The first kappa shape index (κ1) is 20.4. The van der Waals surface area contributed by atoms with E-state index >= 15 is 0 Å². The molecule has 2 aromatic carbocycles. The minimum absolute atomic E-state index is 0.0914. The molecule has 28 heavy (non-hydrogen) atoms. The molecule has 0 unspecified atom stereocenters. The van der Waals surface area contributed by atoms with Crippen LogP contribution in [0.2, 0.25) is 0 Å². The number of aromatic hydroxyl groups is 2. The lowest BCUT2D eigenvalue weighted by Gasteiger charge is -2.05. The summed E-state index contributed by atoms with van der Waals surface area (Å²) < 4.78 is 0. The van der Waals surface area contributed by atoms with E-state index in [1.165, 1.54) is 42.6 Å². The van der Waals surface area contributed by atoms with Gasteiger partial charge in [-0.05, 0) is 24.6 Å². The van der Waals surface area contributed by atoms with Crippen LogP contribution in [0.15, 0.2) is 47.6 Å². The first-order valence-corrected chi connectivity index (χ1v) is 8.23. The summed E-state index contributed by atoms with van der Waals surface area (Å²) in [5.74, 6) is -1.13. The van der Waals surface area contributed by atoms with Gasteiger partial charge in [-0.15, -0.1) is 0 Å². The molecule has 0 heterocycles. The topological polar surface area (TPSA) is 154 Å². The fourth-order valence-corrected chi connectivity index (χ4v) is 2.18. The molecule has 10 nitrogen and oxygen atoms in total. The van der Waals surface area contributed by atoms with Crippen molar-refractivity contribution < 1.29 is 24.7 Å². The predicted molar refractivity (Wildman–Crippen MR) is 100 cm³/mol. The third kappa shape index (κ3) is 6.09. The molecule has 0 aliphatic heterocycles. The Bertz CT molecular complexity index is 913. The van der Waals surface area contributed by atoms with Gasteiger partial charge in [-0.25, -0.2) is 5.43 Å². The predicted octanol–water partition coefficient (Wildman–Crippen LogP) is 1.67. The molecule has 146 valence electrons. The second-order valence-corrected chi connectivity index (χ2v) is 5.70. The van der Waals surface area contributed by atoms with Crippen LogP contribution >= 0.6 is 0 Å². The van der Waals surface area contributed by atoms with Crippen LogP contribution in [0.5, 0.6) is 11.5 Å². The highest BCUT2D eigenvalue weighted by Gasteiger charge is 2.11. The molecule has 10 heteroatoms. The third-order valence-corrected chi connectivity index (χ3v) is 3.59. The van der Waals surface area contributed by atoms with Crippen LogP contribution in [0.25, 0.3) is 0 Å². The highest BCUT2D eigenvalue weighted by Crippen LogP contribution is 2.20. The molecule has 4 N–H and O–H groups in total. The molecule has 0 aliphatic rings. The van der Waals surface area contributed by atoms with E-state index in [-0.39, 0.29) is 41.6 Å². The minimum Gasteiger partial charge on any atom is -0.508 e. The van der Waals surface area contributed by atoms with Crippen molar-refractivity contribution in [2.75, 3.05) is 6.54 Å². The van der Waals surface area contributed by atoms with Gasteiger partial charge in [0.15, 0.2) is 0 Å². The normalized spacial score (nSPS) is 10.6. The van der Waals surface area contributed by atoms with E-state index in [4.69, 9.17) is 0 Å². The van der Waals surface area contributed by atoms with E-state index in [0.717, 1.165) is 6.07 Å². The van der Waals surface area contributed by atoms with Gasteiger partial charge >= 0.3 is 0 Å². The molecule has 0 fully saturated rings. The van der Waals surface area contributed by atoms with E-state index in [0.29, 0.717) is 12.0 Å². The number of hydrogen-bond donors (Lipinski definition) is 4. The molecule has 0 saturated carbocycles. The van der Waals surface area contributed by atoms with Gasteiger partial charge in [-0.2, -0.15) is 5.10 Å². The van der Waals surface area contributed by atoms with E-state index < -0.39 is 10.8 Å². The Morgan fingerprint density at radius 2 is 1.96 bits per heavy atom. The lowest BCUT2D eigenvalue weighted by atomic mass is 10.2. The summed E-state index contributed by atoms with van der Waals surface area (Å²) in [6.07, 6.45) is 1.66. The Labute approximate surface area is 159 Å². The molecule has 0 atom stereocenters. The van der Waals surface area contributed by atoms with Crippen molar-refractivity contribution in [2.45, 2.75) is 12.8 Å². The molecule has 0 saturated heterocycles. The number of rotatable bonds is 8. The van der Waals surface area contributed by atoms with Crippen molar-refractivity contribution in [1.82, 2.24) is 10.7 Å². The number of nitrogens with zero attached hydrogens (tertiary/aromatic N) is 2. The molecule has 0 aliphatic carbocycles. The number of carbonyl (C=O) groups is 2. The van der Waals surface area contributed by atoms with Crippen molar-refractivity contribution in [3.63, 3.8) is 0 Å². The monoisotopic (exact) mass is 386 g/mol. The van der Waals surface area contributed by atoms with Gasteiger partial charge in [0.2, 0.25) is 5.91 Å². The Balaban J connectivity index is 1.72. The zero-order chi connectivity index (χ0) is 20.5. The zero-order valence-corrected chi connectivity index (χ0v) is 14.7. The number of hydrogen-bond acceptors (Lipinski definition) is 7.